The summed E-state index contributed by atoms with van der Waals surface area (Å²) in [4.78, 5) is 40.8. The lowest BCUT2D eigenvalue weighted by Crippen LogP contribution is -2.46. The number of likely N-dealkylation sites (N-methyl/N-ethyl adjacent to an activating group) is 1. The van der Waals surface area contributed by atoms with E-state index in [1.54, 1.807) is 18.0 Å². The highest BCUT2D eigenvalue weighted by molar-refractivity contribution is 6.05. The van der Waals surface area contributed by atoms with Crippen LogP contribution < -0.4 is 10.2 Å². The number of nitrogens with one attached hydrogen (secondary N) is 1. The lowest BCUT2D eigenvalue weighted by molar-refractivity contribution is -0.137. The molecule has 1 heterocycles. The van der Waals surface area contributed by atoms with E-state index < -0.39 is 0 Å². The molecular formula is C20H25N3O3. The molecule has 0 bridgehead atoms. The number of carbonyl (C=O) groups excluding carboxylic acids is 3. The number of para-hydroxylation sites is 2. The van der Waals surface area contributed by atoms with Crippen molar-refractivity contribution in [3.63, 3.8) is 0 Å². The van der Waals surface area contributed by atoms with Crippen LogP contribution in [0.1, 0.15) is 32.6 Å². The summed E-state index contributed by atoms with van der Waals surface area (Å²) >= 11 is 0. The number of amides is 3. The normalized spacial score (nSPS) is 22.2. The summed E-state index contributed by atoms with van der Waals surface area (Å²) in [6, 6.07) is 7.00. The maximum Gasteiger partial charge on any atom is 0.246 e. The number of hydrogen-bond donors (Lipinski definition) is 1. The SMILES string of the molecule is C[C@H]1CC(=O)Nc2ccccc2N1C(=O)CN(C)C(=O)[C@@H]1CC=CCC1. The molecule has 6 nitrogen and oxygen atoms in total. The topological polar surface area (TPSA) is 69.7 Å². The molecule has 2 aliphatic rings. The fourth-order valence-corrected chi connectivity index (χ4v) is 3.65. The van der Waals surface area contributed by atoms with Gasteiger partial charge in [0.05, 0.1) is 17.9 Å². The molecule has 0 saturated carbocycles. The van der Waals surface area contributed by atoms with Crippen LogP contribution in [0.15, 0.2) is 36.4 Å². The first-order valence-corrected chi connectivity index (χ1v) is 9.08. The summed E-state index contributed by atoms with van der Waals surface area (Å²) in [7, 11) is 1.68. The van der Waals surface area contributed by atoms with E-state index >= 15 is 0 Å². The van der Waals surface area contributed by atoms with Gasteiger partial charge in [0.1, 0.15) is 0 Å². The third kappa shape index (κ3) is 3.79. The minimum absolute atomic E-state index is 0.00587. The van der Waals surface area contributed by atoms with E-state index in [1.165, 1.54) is 4.90 Å². The van der Waals surface area contributed by atoms with Crippen LogP contribution in [0.4, 0.5) is 11.4 Å². The quantitative estimate of drug-likeness (QED) is 0.847. The fourth-order valence-electron chi connectivity index (χ4n) is 3.65. The largest absolute Gasteiger partial charge is 0.336 e. The Morgan fingerprint density at radius 1 is 1.27 bits per heavy atom. The summed E-state index contributed by atoms with van der Waals surface area (Å²) in [6.45, 7) is 1.86. The first-order chi connectivity index (χ1) is 12.5. The summed E-state index contributed by atoms with van der Waals surface area (Å²) in [5.74, 6) is -0.329. The maximum atomic E-state index is 13.0. The maximum absolute atomic E-state index is 13.0. The Hall–Kier alpha value is -2.63. The van der Waals surface area contributed by atoms with Crippen molar-refractivity contribution in [2.75, 3.05) is 23.8 Å². The first-order valence-electron chi connectivity index (χ1n) is 9.08. The molecule has 1 N–H and O–H groups in total. The van der Waals surface area contributed by atoms with Crippen molar-refractivity contribution < 1.29 is 14.4 Å². The number of carbonyl (C=O) groups is 3. The van der Waals surface area contributed by atoms with Crippen LogP contribution in [0.25, 0.3) is 0 Å². The molecule has 6 heteroatoms. The fraction of sp³-hybridized carbons (Fsp3) is 0.450. The Kier molecular flexibility index (Phi) is 5.40. The minimum atomic E-state index is -0.271. The molecule has 1 aliphatic carbocycles. The second kappa shape index (κ2) is 7.72. The summed E-state index contributed by atoms with van der Waals surface area (Å²) in [5.41, 5.74) is 1.30. The number of allylic oxidation sites excluding steroid dienone is 2. The third-order valence-electron chi connectivity index (χ3n) is 4.99. The number of anilines is 2. The van der Waals surface area contributed by atoms with Crippen LogP contribution in [0, 0.1) is 5.92 Å². The van der Waals surface area contributed by atoms with Gasteiger partial charge in [-0.05, 0) is 38.3 Å². The van der Waals surface area contributed by atoms with Crippen LogP contribution in [-0.2, 0) is 14.4 Å². The van der Waals surface area contributed by atoms with Crippen molar-refractivity contribution in [2.45, 2.75) is 38.6 Å². The lowest BCUT2D eigenvalue weighted by Gasteiger charge is -2.31. The van der Waals surface area contributed by atoms with Gasteiger partial charge < -0.3 is 15.1 Å². The van der Waals surface area contributed by atoms with Gasteiger partial charge in [-0.3, -0.25) is 14.4 Å². The highest BCUT2D eigenvalue weighted by Gasteiger charge is 2.31. The second-order valence-corrected chi connectivity index (χ2v) is 7.06. The predicted octanol–water partition coefficient (Wildman–Crippen LogP) is 2.57. The Morgan fingerprint density at radius 2 is 2.04 bits per heavy atom. The standard InChI is InChI=1S/C20H25N3O3/c1-14-12-18(24)21-16-10-6-7-11-17(16)23(14)19(25)13-22(2)20(26)15-8-4-3-5-9-15/h3-4,6-7,10-11,14-15H,5,8-9,12-13H2,1-2H3,(H,21,24)/t14-,15+/m0/s1. The summed E-state index contributed by atoms with van der Waals surface area (Å²) in [5, 5.41) is 2.84. The highest BCUT2D eigenvalue weighted by Crippen LogP contribution is 2.31. The van der Waals surface area contributed by atoms with Crippen LogP contribution in [0.2, 0.25) is 0 Å². The van der Waals surface area contributed by atoms with Gasteiger partial charge in [0, 0.05) is 25.4 Å². The zero-order chi connectivity index (χ0) is 18.7. The third-order valence-corrected chi connectivity index (χ3v) is 4.99. The van der Waals surface area contributed by atoms with Gasteiger partial charge in [-0.2, -0.15) is 0 Å². The molecule has 3 rings (SSSR count). The van der Waals surface area contributed by atoms with Gasteiger partial charge in [-0.1, -0.05) is 24.3 Å². The Labute approximate surface area is 153 Å². The molecule has 0 fully saturated rings. The van der Waals surface area contributed by atoms with Crippen LogP contribution in [0.3, 0.4) is 0 Å². The molecule has 0 radical (unpaired) electrons. The van der Waals surface area contributed by atoms with Crippen molar-refractivity contribution >= 4 is 29.1 Å². The van der Waals surface area contributed by atoms with Crippen LogP contribution >= 0.6 is 0 Å². The molecule has 1 aromatic rings. The van der Waals surface area contributed by atoms with E-state index in [9.17, 15) is 14.4 Å². The number of rotatable bonds is 3. The number of fused-ring (bicyclic) bond motifs is 1. The van der Waals surface area contributed by atoms with E-state index in [1.807, 2.05) is 31.2 Å². The molecule has 26 heavy (non-hydrogen) atoms. The zero-order valence-electron chi connectivity index (χ0n) is 15.3. The van der Waals surface area contributed by atoms with Gasteiger partial charge in [0.25, 0.3) is 0 Å². The van der Waals surface area contributed by atoms with Crippen molar-refractivity contribution in [3.05, 3.63) is 36.4 Å². The monoisotopic (exact) mass is 355 g/mol. The molecule has 0 saturated heterocycles. The van der Waals surface area contributed by atoms with Crippen molar-refractivity contribution in [1.82, 2.24) is 4.90 Å². The van der Waals surface area contributed by atoms with Gasteiger partial charge in [0.2, 0.25) is 17.7 Å². The van der Waals surface area contributed by atoms with Crippen molar-refractivity contribution in [3.8, 4) is 0 Å². The van der Waals surface area contributed by atoms with E-state index in [4.69, 9.17) is 0 Å². The Balaban J connectivity index is 1.76. The lowest BCUT2D eigenvalue weighted by atomic mass is 9.93. The zero-order valence-corrected chi connectivity index (χ0v) is 15.3. The molecule has 1 aromatic carbocycles. The molecule has 0 aromatic heterocycles. The molecule has 2 atom stereocenters. The van der Waals surface area contributed by atoms with E-state index in [0.717, 1.165) is 19.3 Å². The Bertz CT molecular complexity index is 744. The minimum Gasteiger partial charge on any atom is -0.336 e. The van der Waals surface area contributed by atoms with E-state index in [2.05, 4.69) is 11.4 Å². The second-order valence-electron chi connectivity index (χ2n) is 7.06. The van der Waals surface area contributed by atoms with Gasteiger partial charge >= 0.3 is 0 Å². The number of benzene rings is 1. The van der Waals surface area contributed by atoms with Crippen molar-refractivity contribution in [2.24, 2.45) is 5.92 Å². The molecule has 0 spiro atoms. The molecule has 3 amide bonds. The van der Waals surface area contributed by atoms with E-state index in [0.29, 0.717) is 11.4 Å². The highest BCUT2D eigenvalue weighted by atomic mass is 16.2. The average molecular weight is 355 g/mol. The first kappa shape index (κ1) is 18.2. The van der Waals surface area contributed by atoms with Crippen LogP contribution in [0.5, 0.6) is 0 Å². The number of nitrogens with zero attached hydrogens (tertiary/aromatic N) is 2. The summed E-state index contributed by atoms with van der Waals surface area (Å²) < 4.78 is 0. The van der Waals surface area contributed by atoms with Crippen LogP contribution in [-0.4, -0.2) is 42.3 Å². The molecular weight excluding hydrogens is 330 g/mol. The number of hydrogen-bond acceptors (Lipinski definition) is 3. The van der Waals surface area contributed by atoms with Crippen molar-refractivity contribution in [1.29, 1.82) is 0 Å². The molecule has 0 unspecified atom stereocenters. The van der Waals surface area contributed by atoms with Gasteiger partial charge in [-0.25, -0.2) is 0 Å². The molecule has 138 valence electrons. The van der Waals surface area contributed by atoms with E-state index in [-0.39, 0.29) is 42.6 Å². The predicted molar refractivity (Wildman–Crippen MR) is 101 cm³/mol. The average Bonchev–Trinajstić information content (AvgIpc) is 2.75. The summed E-state index contributed by atoms with van der Waals surface area (Å²) in [6.07, 6.45) is 6.82. The van der Waals surface area contributed by atoms with Gasteiger partial charge in [0.15, 0.2) is 0 Å². The van der Waals surface area contributed by atoms with Gasteiger partial charge in [-0.15, -0.1) is 0 Å². The Morgan fingerprint density at radius 3 is 2.77 bits per heavy atom. The smallest absolute Gasteiger partial charge is 0.246 e. The molecule has 1 aliphatic heterocycles.